The Kier molecular flexibility index (Phi) is 7.65. The molecule has 6 heteroatoms. The Bertz CT molecular complexity index is 467. The van der Waals surface area contributed by atoms with Crippen LogP contribution in [0.1, 0.15) is 31.2 Å². The van der Waals surface area contributed by atoms with Gasteiger partial charge in [0.1, 0.15) is 5.75 Å². The number of β-amino-alcohol motifs (C(OH)–C–C–N with tert-alkyl or cyclic N) is 1. The maximum Gasteiger partial charge on any atom is 0.237 e. The van der Waals surface area contributed by atoms with Crippen molar-refractivity contribution >= 4 is 18.3 Å². The van der Waals surface area contributed by atoms with E-state index in [1.807, 2.05) is 12.1 Å². The van der Waals surface area contributed by atoms with Crippen LogP contribution in [0, 0.1) is 0 Å². The van der Waals surface area contributed by atoms with Crippen molar-refractivity contribution in [1.29, 1.82) is 0 Å². The van der Waals surface area contributed by atoms with Crippen LogP contribution in [0.2, 0.25) is 0 Å². The van der Waals surface area contributed by atoms with Crippen LogP contribution in [0.3, 0.4) is 0 Å². The van der Waals surface area contributed by atoms with Crippen molar-refractivity contribution in [2.45, 2.75) is 37.8 Å². The van der Waals surface area contributed by atoms with Crippen LogP contribution >= 0.6 is 12.4 Å². The van der Waals surface area contributed by atoms with Gasteiger partial charge in [0.15, 0.2) is 0 Å². The predicted octanol–water partition coefficient (Wildman–Crippen LogP) is 1.45. The molecule has 3 unspecified atom stereocenters. The number of carbonyl (C=O) groups excluding carboxylic acids is 1. The number of benzene rings is 1. The molecule has 1 aliphatic rings. The Morgan fingerprint density at radius 2 is 2.14 bits per heavy atom. The second-order valence-corrected chi connectivity index (χ2v) is 5.60. The Balaban J connectivity index is 0.00000242. The van der Waals surface area contributed by atoms with Gasteiger partial charge in [0.2, 0.25) is 5.91 Å². The van der Waals surface area contributed by atoms with Gasteiger partial charge in [-0.05, 0) is 36.5 Å². The molecule has 0 aliphatic carbocycles. The van der Waals surface area contributed by atoms with Crippen LogP contribution < -0.4 is 15.4 Å². The Morgan fingerprint density at radius 1 is 1.45 bits per heavy atom. The van der Waals surface area contributed by atoms with Gasteiger partial charge >= 0.3 is 0 Å². The molecular formula is C16H25ClN2O3. The highest BCUT2D eigenvalue weighted by Gasteiger charge is 2.27. The van der Waals surface area contributed by atoms with Gasteiger partial charge in [-0.25, -0.2) is 0 Å². The van der Waals surface area contributed by atoms with Crippen molar-refractivity contribution in [1.82, 2.24) is 10.6 Å². The Morgan fingerprint density at radius 3 is 2.68 bits per heavy atom. The van der Waals surface area contributed by atoms with Gasteiger partial charge < -0.3 is 20.5 Å². The molecule has 1 fully saturated rings. The van der Waals surface area contributed by atoms with Crippen LogP contribution in [0.4, 0.5) is 0 Å². The van der Waals surface area contributed by atoms with Gasteiger partial charge in [0.05, 0.1) is 19.3 Å². The second kappa shape index (κ2) is 8.98. The lowest BCUT2D eigenvalue weighted by atomic mass is 9.98. The maximum absolute atomic E-state index is 11.9. The average Bonchev–Trinajstić information content (AvgIpc) is 2.94. The Hall–Kier alpha value is -1.30. The number of rotatable bonds is 6. The number of carbonyl (C=O) groups is 1. The Labute approximate surface area is 137 Å². The van der Waals surface area contributed by atoms with Crippen LogP contribution in [0.15, 0.2) is 24.3 Å². The summed E-state index contributed by atoms with van der Waals surface area (Å²) in [6, 6.07) is 7.76. The van der Waals surface area contributed by atoms with Gasteiger partial charge in [0, 0.05) is 13.1 Å². The smallest absolute Gasteiger partial charge is 0.237 e. The van der Waals surface area contributed by atoms with Crippen molar-refractivity contribution < 1.29 is 14.6 Å². The van der Waals surface area contributed by atoms with E-state index in [-0.39, 0.29) is 24.4 Å². The van der Waals surface area contributed by atoms with Crippen molar-refractivity contribution in [3.63, 3.8) is 0 Å². The van der Waals surface area contributed by atoms with E-state index < -0.39 is 6.10 Å². The molecule has 5 nitrogen and oxygen atoms in total. The summed E-state index contributed by atoms with van der Waals surface area (Å²) in [4.78, 5) is 11.9. The number of hydrogen-bond donors (Lipinski definition) is 3. The van der Waals surface area contributed by atoms with Crippen LogP contribution in [-0.2, 0) is 4.79 Å². The van der Waals surface area contributed by atoms with Gasteiger partial charge in [-0.15, -0.1) is 12.4 Å². The zero-order valence-electron chi connectivity index (χ0n) is 13.0. The first-order valence-electron chi connectivity index (χ1n) is 7.43. The standard InChI is InChI=1S/C16H24N2O3.ClH/c1-11(12-3-5-14(21-2)6-4-12)7-8-17-16(20)15-9-13(19)10-18-15;/h3-6,11,13,15,18-19H,7-10H2,1-2H3,(H,17,20);1H. The van der Waals surface area contributed by atoms with E-state index in [1.54, 1.807) is 7.11 Å². The van der Waals surface area contributed by atoms with Crippen LogP contribution in [0.25, 0.3) is 0 Å². The largest absolute Gasteiger partial charge is 0.497 e. The van der Waals surface area contributed by atoms with Crippen molar-refractivity contribution in [2.24, 2.45) is 0 Å². The summed E-state index contributed by atoms with van der Waals surface area (Å²) in [6.45, 7) is 3.28. The molecule has 124 valence electrons. The zero-order chi connectivity index (χ0) is 15.2. The topological polar surface area (TPSA) is 70.6 Å². The van der Waals surface area contributed by atoms with E-state index in [1.165, 1.54) is 5.56 Å². The number of amides is 1. The fourth-order valence-corrected chi connectivity index (χ4v) is 2.55. The highest BCUT2D eigenvalue weighted by atomic mass is 35.5. The lowest BCUT2D eigenvalue weighted by Crippen LogP contribution is -2.40. The van der Waals surface area contributed by atoms with Crippen molar-refractivity contribution in [3.8, 4) is 5.75 Å². The van der Waals surface area contributed by atoms with Crippen LogP contribution in [0.5, 0.6) is 5.75 Å². The van der Waals surface area contributed by atoms with E-state index >= 15 is 0 Å². The molecule has 22 heavy (non-hydrogen) atoms. The molecule has 0 aromatic heterocycles. The number of halogens is 1. The lowest BCUT2D eigenvalue weighted by molar-refractivity contribution is -0.122. The molecule has 1 aromatic carbocycles. The molecule has 1 amide bonds. The van der Waals surface area contributed by atoms with E-state index in [2.05, 4.69) is 29.7 Å². The lowest BCUT2D eigenvalue weighted by Gasteiger charge is -2.15. The summed E-state index contributed by atoms with van der Waals surface area (Å²) in [7, 11) is 1.65. The molecule has 0 bridgehead atoms. The summed E-state index contributed by atoms with van der Waals surface area (Å²) in [5.74, 6) is 1.21. The molecule has 1 aromatic rings. The molecule has 0 saturated carbocycles. The average molecular weight is 329 g/mol. The molecule has 2 rings (SSSR count). The van der Waals surface area contributed by atoms with Gasteiger partial charge in [-0.2, -0.15) is 0 Å². The van der Waals surface area contributed by atoms with Crippen LogP contribution in [-0.4, -0.2) is 43.4 Å². The molecule has 0 spiro atoms. The molecule has 1 heterocycles. The highest BCUT2D eigenvalue weighted by molar-refractivity contribution is 5.85. The van der Waals surface area contributed by atoms with E-state index in [9.17, 15) is 9.90 Å². The molecule has 3 N–H and O–H groups in total. The fraction of sp³-hybridized carbons (Fsp3) is 0.562. The number of nitrogens with one attached hydrogen (secondary N) is 2. The van der Waals surface area contributed by atoms with Crippen molar-refractivity contribution in [2.75, 3.05) is 20.2 Å². The zero-order valence-corrected chi connectivity index (χ0v) is 13.9. The molecular weight excluding hydrogens is 304 g/mol. The van der Waals surface area contributed by atoms with Crippen molar-refractivity contribution in [3.05, 3.63) is 29.8 Å². The summed E-state index contributed by atoms with van der Waals surface area (Å²) < 4.78 is 5.14. The molecule has 0 radical (unpaired) electrons. The first-order chi connectivity index (χ1) is 10.1. The SMILES string of the molecule is COc1ccc(C(C)CCNC(=O)C2CC(O)CN2)cc1.Cl. The third-order valence-electron chi connectivity index (χ3n) is 3.99. The second-order valence-electron chi connectivity index (χ2n) is 5.60. The van der Waals surface area contributed by atoms with Gasteiger partial charge in [-0.1, -0.05) is 19.1 Å². The summed E-state index contributed by atoms with van der Waals surface area (Å²) in [5.41, 5.74) is 1.24. The number of aliphatic hydroxyl groups excluding tert-OH is 1. The first kappa shape index (κ1) is 18.7. The number of aliphatic hydroxyl groups is 1. The van der Waals surface area contributed by atoms with E-state index in [0.717, 1.165) is 12.2 Å². The third-order valence-corrected chi connectivity index (χ3v) is 3.99. The highest BCUT2D eigenvalue weighted by Crippen LogP contribution is 2.21. The normalized spacial score (nSPS) is 21.8. The number of methoxy groups -OCH3 is 1. The van der Waals surface area contributed by atoms with E-state index in [4.69, 9.17) is 4.74 Å². The van der Waals surface area contributed by atoms with Gasteiger partial charge in [-0.3, -0.25) is 4.79 Å². The van der Waals surface area contributed by atoms with Gasteiger partial charge in [0.25, 0.3) is 0 Å². The first-order valence-corrected chi connectivity index (χ1v) is 7.43. The monoisotopic (exact) mass is 328 g/mol. The molecule has 1 saturated heterocycles. The predicted molar refractivity (Wildman–Crippen MR) is 88.7 cm³/mol. The maximum atomic E-state index is 11.9. The third kappa shape index (κ3) is 5.16. The summed E-state index contributed by atoms with van der Waals surface area (Å²) >= 11 is 0. The van der Waals surface area contributed by atoms with E-state index in [0.29, 0.717) is 25.4 Å². The summed E-state index contributed by atoms with van der Waals surface area (Å²) in [6.07, 6.45) is 0.978. The number of hydrogen-bond acceptors (Lipinski definition) is 4. The minimum Gasteiger partial charge on any atom is -0.497 e. The number of ether oxygens (including phenoxy) is 1. The molecule has 1 aliphatic heterocycles. The quantitative estimate of drug-likeness (QED) is 0.739. The fourth-order valence-electron chi connectivity index (χ4n) is 2.55. The molecule has 3 atom stereocenters. The minimum absolute atomic E-state index is 0. The minimum atomic E-state index is -0.404. The summed E-state index contributed by atoms with van der Waals surface area (Å²) in [5, 5.41) is 15.3.